The summed E-state index contributed by atoms with van der Waals surface area (Å²) in [7, 11) is -4.27. The van der Waals surface area contributed by atoms with E-state index in [0.717, 1.165) is 15.4 Å². The maximum atomic E-state index is 14.5. The number of carbonyl (C=O) groups is 2. The van der Waals surface area contributed by atoms with Crippen LogP contribution >= 0.6 is 34.8 Å². The minimum absolute atomic E-state index is 0.00513. The van der Waals surface area contributed by atoms with E-state index in [1.165, 1.54) is 17.0 Å². The first-order chi connectivity index (χ1) is 21.4. The number of hydrogen-bond acceptors (Lipinski definition) is 4. The first-order valence-electron chi connectivity index (χ1n) is 14.3. The van der Waals surface area contributed by atoms with Crippen LogP contribution in [0.3, 0.4) is 0 Å². The van der Waals surface area contributed by atoms with Crippen LogP contribution in [-0.2, 0) is 32.6 Å². The molecule has 0 spiro atoms. The second kappa shape index (κ2) is 15.1. The summed E-state index contributed by atoms with van der Waals surface area (Å²) in [6.07, 6.45) is 0.168. The van der Waals surface area contributed by atoms with Crippen molar-refractivity contribution >= 4 is 62.3 Å². The molecule has 0 aliphatic heterocycles. The predicted molar refractivity (Wildman–Crippen MR) is 182 cm³/mol. The van der Waals surface area contributed by atoms with Gasteiger partial charge in [0.15, 0.2) is 0 Å². The van der Waals surface area contributed by atoms with Gasteiger partial charge in [0.1, 0.15) is 12.6 Å². The smallest absolute Gasteiger partial charge is 0.264 e. The lowest BCUT2D eigenvalue weighted by molar-refractivity contribution is -0.140. The van der Waals surface area contributed by atoms with Gasteiger partial charge < -0.3 is 10.2 Å². The average Bonchev–Trinajstić information content (AvgIpc) is 3.01. The maximum Gasteiger partial charge on any atom is 0.264 e. The van der Waals surface area contributed by atoms with E-state index in [0.29, 0.717) is 32.7 Å². The molecule has 1 N–H and O–H groups in total. The molecule has 0 heterocycles. The average molecular weight is 687 g/mol. The highest BCUT2D eigenvalue weighted by molar-refractivity contribution is 7.92. The minimum atomic E-state index is -4.27. The van der Waals surface area contributed by atoms with Crippen molar-refractivity contribution in [1.29, 1.82) is 0 Å². The van der Waals surface area contributed by atoms with E-state index < -0.39 is 34.4 Å². The Morgan fingerprint density at radius 2 is 1.40 bits per heavy atom. The number of halogens is 3. The summed E-state index contributed by atoms with van der Waals surface area (Å²) in [6, 6.07) is 24.5. The van der Waals surface area contributed by atoms with Gasteiger partial charge in [-0.2, -0.15) is 0 Å². The Balaban J connectivity index is 1.86. The number of hydrogen-bond donors (Lipinski definition) is 1. The number of sulfonamides is 1. The molecule has 0 unspecified atom stereocenters. The summed E-state index contributed by atoms with van der Waals surface area (Å²) >= 11 is 19.5. The zero-order valence-corrected chi connectivity index (χ0v) is 28.2. The molecule has 7 nitrogen and oxygen atoms in total. The lowest BCUT2D eigenvalue weighted by atomic mass is 10.0. The second-order valence-corrected chi connectivity index (χ2v) is 13.6. The molecule has 0 aliphatic rings. The van der Waals surface area contributed by atoms with Crippen molar-refractivity contribution in [3.8, 4) is 0 Å². The Hall–Kier alpha value is -3.56. The van der Waals surface area contributed by atoms with E-state index >= 15 is 0 Å². The maximum absolute atomic E-state index is 14.5. The van der Waals surface area contributed by atoms with Crippen LogP contribution in [0.5, 0.6) is 0 Å². The number of aryl methyl sites for hydroxylation is 1. The van der Waals surface area contributed by atoms with Crippen molar-refractivity contribution in [1.82, 2.24) is 10.2 Å². The summed E-state index contributed by atoms with van der Waals surface area (Å²) in [4.78, 5) is 29.5. The number of nitrogens with one attached hydrogen (secondary N) is 1. The lowest BCUT2D eigenvalue weighted by Gasteiger charge is -2.34. The molecule has 0 aliphatic carbocycles. The number of likely N-dealkylation sites (N-methyl/N-ethyl adjacent to an activating group) is 1. The fraction of sp³-hybridized carbons (Fsp3) is 0.235. The van der Waals surface area contributed by atoms with Crippen LogP contribution < -0.4 is 9.62 Å². The van der Waals surface area contributed by atoms with Crippen molar-refractivity contribution < 1.29 is 18.0 Å². The highest BCUT2D eigenvalue weighted by Gasteiger charge is 2.35. The molecule has 236 valence electrons. The van der Waals surface area contributed by atoms with Crippen molar-refractivity contribution in [3.05, 3.63) is 128 Å². The van der Waals surface area contributed by atoms with Crippen LogP contribution in [0.1, 0.15) is 29.2 Å². The highest BCUT2D eigenvalue weighted by atomic mass is 35.5. The molecule has 0 fully saturated rings. The van der Waals surface area contributed by atoms with Crippen molar-refractivity contribution in [2.75, 3.05) is 17.4 Å². The van der Waals surface area contributed by atoms with Gasteiger partial charge in [-0.1, -0.05) is 95.0 Å². The zero-order valence-electron chi connectivity index (χ0n) is 25.1. The third-order valence-corrected chi connectivity index (χ3v) is 10.3. The van der Waals surface area contributed by atoms with Gasteiger partial charge in [0.25, 0.3) is 10.0 Å². The van der Waals surface area contributed by atoms with E-state index in [9.17, 15) is 18.0 Å². The third kappa shape index (κ3) is 8.19. The largest absolute Gasteiger partial charge is 0.355 e. The number of anilines is 1. The van der Waals surface area contributed by atoms with Crippen molar-refractivity contribution in [2.24, 2.45) is 0 Å². The van der Waals surface area contributed by atoms with Gasteiger partial charge in [-0.25, -0.2) is 8.42 Å². The SMILES string of the molecule is CCNC(=O)[C@@H](Cc1ccccc1)N(Cc1c(Cl)cccc1Cl)C(=O)CN(c1cccc(Cl)c1C)S(=O)(=O)c1ccc(C)cc1. The molecule has 4 aromatic rings. The zero-order chi connectivity index (χ0) is 32.7. The van der Waals surface area contributed by atoms with Gasteiger partial charge >= 0.3 is 0 Å². The van der Waals surface area contributed by atoms with Crippen LogP contribution in [0.15, 0.2) is 95.9 Å². The quantitative estimate of drug-likeness (QED) is 0.170. The Labute approximate surface area is 279 Å². The van der Waals surface area contributed by atoms with E-state index in [4.69, 9.17) is 34.8 Å². The summed E-state index contributed by atoms with van der Waals surface area (Å²) in [5.41, 5.74) is 2.84. The molecule has 45 heavy (non-hydrogen) atoms. The van der Waals surface area contributed by atoms with Gasteiger partial charge in [-0.3, -0.25) is 13.9 Å². The van der Waals surface area contributed by atoms with Gasteiger partial charge in [0, 0.05) is 40.1 Å². The molecular weight excluding hydrogens is 653 g/mol. The normalized spacial score (nSPS) is 12.0. The second-order valence-electron chi connectivity index (χ2n) is 10.5. The lowest BCUT2D eigenvalue weighted by Crippen LogP contribution is -2.53. The number of amides is 2. The van der Waals surface area contributed by atoms with Crippen molar-refractivity contribution in [3.63, 3.8) is 0 Å². The Morgan fingerprint density at radius 1 is 0.800 bits per heavy atom. The fourth-order valence-electron chi connectivity index (χ4n) is 4.92. The highest BCUT2D eigenvalue weighted by Crippen LogP contribution is 2.32. The molecule has 4 rings (SSSR count). The summed E-state index contributed by atoms with van der Waals surface area (Å²) in [5, 5.41) is 3.79. The van der Waals surface area contributed by atoms with E-state index in [1.807, 2.05) is 37.3 Å². The molecule has 2 amide bonds. The number of nitrogens with zero attached hydrogens (tertiary/aromatic N) is 2. The van der Waals surface area contributed by atoms with E-state index in [2.05, 4.69) is 5.32 Å². The molecule has 0 saturated heterocycles. The molecule has 0 radical (unpaired) electrons. The predicted octanol–water partition coefficient (Wildman–Crippen LogP) is 7.24. The molecule has 0 bridgehead atoms. The van der Waals surface area contributed by atoms with Crippen LogP contribution in [0, 0.1) is 13.8 Å². The summed E-state index contributed by atoms with van der Waals surface area (Å²) in [5.74, 6) is -1.03. The molecule has 11 heteroatoms. The van der Waals surface area contributed by atoms with E-state index in [-0.39, 0.29) is 23.5 Å². The van der Waals surface area contributed by atoms with Crippen LogP contribution in [0.2, 0.25) is 15.1 Å². The first kappa shape index (κ1) is 34.3. The van der Waals surface area contributed by atoms with Gasteiger partial charge in [-0.15, -0.1) is 0 Å². The fourth-order valence-corrected chi connectivity index (χ4v) is 7.07. The standard InChI is InChI=1S/C34H34Cl3N3O4S/c1-4-38-34(42)32(20-25-10-6-5-7-11-25)39(21-27-29(36)13-8-14-30(27)37)33(41)22-40(31-15-9-12-28(35)24(31)3)45(43,44)26-18-16-23(2)17-19-26/h5-19,32H,4,20-22H2,1-3H3,(H,38,42)/t32-/m1/s1. The van der Waals surface area contributed by atoms with Crippen LogP contribution in [-0.4, -0.2) is 44.3 Å². The molecular formula is C34H34Cl3N3O4S. The number of rotatable bonds is 12. The number of carbonyl (C=O) groups excluding carboxylic acids is 2. The van der Waals surface area contributed by atoms with Crippen LogP contribution in [0.4, 0.5) is 5.69 Å². The Morgan fingerprint density at radius 3 is 2.02 bits per heavy atom. The van der Waals surface area contributed by atoms with Gasteiger partial charge in [0.05, 0.1) is 10.6 Å². The molecule has 0 saturated carbocycles. The van der Waals surface area contributed by atoms with Gasteiger partial charge in [0.2, 0.25) is 11.8 Å². The Bertz CT molecular complexity index is 1750. The summed E-state index contributed by atoms with van der Waals surface area (Å²) < 4.78 is 29.5. The van der Waals surface area contributed by atoms with Crippen molar-refractivity contribution in [2.45, 2.75) is 44.7 Å². The Kier molecular flexibility index (Phi) is 11.6. The minimum Gasteiger partial charge on any atom is -0.355 e. The molecule has 1 atom stereocenters. The van der Waals surface area contributed by atoms with E-state index in [1.54, 1.807) is 62.4 Å². The first-order valence-corrected chi connectivity index (χ1v) is 16.9. The monoisotopic (exact) mass is 685 g/mol. The number of benzene rings is 4. The van der Waals surface area contributed by atoms with Crippen LogP contribution in [0.25, 0.3) is 0 Å². The van der Waals surface area contributed by atoms with Gasteiger partial charge in [-0.05, 0) is 68.3 Å². The summed E-state index contributed by atoms with van der Waals surface area (Å²) in [6.45, 7) is 4.89. The molecule has 4 aromatic carbocycles. The third-order valence-electron chi connectivity index (χ3n) is 7.41. The topological polar surface area (TPSA) is 86.8 Å². The molecule has 0 aromatic heterocycles.